The Balaban J connectivity index is 1.96. The highest BCUT2D eigenvalue weighted by molar-refractivity contribution is 5.33. The van der Waals surface area contributed by atoms with Gasteiger partial charge in [0.05, 0.1) is 18.4 Å². The minimum absolute atomic E-state index is 0.345. The number of hydrogen-bond acceptors (Lipinski definition) is 4. The van der Waals surface area contributed by atoms with Gasteiger partial charge in [0, 0.05) is 6.20 Å². The van der Waals surface area contributed by atoms with Crippen LogP contribution < -0.4 is 5.32 Å². The zero-order chi connectivity index (χ0) is 10.5. The van der Waals surface area contributed by atoms with E-state index in [0.29, 0.717) is 12.4 Å². The highest BCUT2D eigenvalue weighted by Crippen LogP contribution is 2.04. The number of halogens is 1. The molecule has 0 aliphatic heterocycles. The highest BCUT2D eigenvalue weighted by Gasteiger charge is 1.96. The lowest BCUT2D eigenvalue weighted by molar-refractivity contribution is 0.621. The van der Waals surface area contributed by atoms with Gasteiger partial charge in [-0.25, -0.2) is 19.3 Å². The first-order valence-corrected chi connectivity index (χ1v) is 4.45. The van der Waals surface area contributed by atoms with Crippen LogP contribution in [0.3, 0.4) is 0 Å². The second-order valence-electron chi connectivity index (χ2n) is 2.92. The van der Waals surface area contributed by atoms with Gasteiger partial charge in [0.25, 0.3) is 0 Å². The molecular formula is C10H9FN4. The Hall–Kier alpha value is -2.04. The highest BCUT2D eigenvalue weighted by atomic mass is 19.1. The molecule has 2 aromatic heterocycles. The lowest BCUT2D eigenvalue weighted by atomic mass is 10.4. The Morgan fingerprint density at radius 1 is 1.20 bits per heavy atom. The summed E-state index contributed by atoms with van der Waals surface area (Å²) in [7, 11) is 0. The molecule has 0 aliphatic carbocycles. The van der Waals surface area contributed by atoms with Crippen molar-refractivity contribution in [1.29, 1.82) is 0 Å². The van der Waals surface area contributed by atoms with Gasteiger partial charge in [0.1, 0.15) is 18.0 Å². The van der Waals surface area contributed by atoms with Gasteiger partial charge in [0.15, 0.2) is 0 Å². The number of hydrogen-bond donors (Lipinski definition) is 1. The molecule has 0 atom stereocenters. The standard InChI is InChI=1S/C10H9FN4/c11-8-1-2-10(13-5-8)14-6-9-3-4-12-7-15-9/h1-5,7H,6H2,(H,13,14). The second-order valence-corrected chi connectivity index (χ2v) is 2.92. The summed E-state index contributed by atoms with van der Waals surface area (Å²) in [6.45, 7) is 0.543. The maximum atomic E-state index is 12.5. The Morgan fingerprint density at radius 2 is 2.13 bits per heavy atom. The van der Waals surface area contributed by atoms with Crippen LogP contribution in [0.25, 0.3) is 0 Å². The Bertz CT molecular complexity index is 415. The van der Waals surface area contributed by atoms with Crippen molar-refractivity contribution in [3.63, 3.8) is 0 Å². The van der Waals surface area contributed by atoms with Gasteiger partial charge in [-0.2, -0.15) is 0 Å². The molecule has 0 amide bonds. The molecule has 0 saturated carbocycles. The number of nitrogens with one attached hydrogen (secondary N) is 1. The summed E-state index contributed by atoms with van der Waals surface area (Å²) in [6.07, 6.45) is 4.32. The SMILES string of the molecule is Fc1ccc(NCc2ccncn2)nc1. The van der Waals surface area contributed by atoms with E-state index in [1.807, 2.05) is 0 Å². The first-order chi connectivity index (χ1) is 7.34. The molecule has 4 nitrogen and oxygen atoms in total. The van der Waals surface area contributed by atoms with E-state index in [1.54, 1.807) is 18.3 Å². The van der Waals surface area contributed by atoms with E-state index >= 15 is 0 Å². The Labute approximate surface area is 86.2 Å². The molecule has 0 unspecified atom stereocenters. The van der Waals surface area contributed by atoms with Gasteiger partial charge < -0.3 is 5.32 Å². The molecule has 5 heteroatoms. The van der Waals surface area contributed by atoms with E-state index in [-0.39, 0.29) is 5.82 Å². The van der Waals surface area contributed by atoms with Gasteiger partial charge in [0.2, 0.25) is 0 Å². The molecule has 2 rings (SSSR count). The third kappa shape index (κ3) is 2.70. The van der Waals surface area contributed by atoms with E-state index in [1.165, 1.54) is 18.6 Å². The molecule has 76 valence electrons. The van der Waals surface area contributed by atoms with Crippen molar-refractivity contribution in [2.24, 2.45) is 0 Å². The van der Waals surface area contributed by atoms with Crippen LogP contribution in [0.15, 0.2) is 36.9 Å². The smallest absolute Gasteiger partial charge is 0.141 e. The van der Waals surface area contributed by atoms with Crippen molar-refractivity contribution in [1.82, 2.24) is 15.0 Å². The van der Waals surface area contributed by atoms with Crippen LogP contribution in [0, 0.1) is 5.82 Å². The van der Waals surface area contributed by atoms with E-state index in [9.17, 15) is 4.39 Å². The van der Waals surface area contributed by atoms with Crippen LogP contribution in [0.2, 0.25) is 0 Å². The van der Waals surface area contributed by atoms with Gasteiger partial charge in [-0.1, -0.05) is 0 Å². The Morgan fingerprint density at radius 3 is 2.80 bits per heavy atom. The summed E-state index contributed by atoms with van der Waals surface area (Å²) >= 11 is 0. The van der Waals surface area contributed by atoms with Crippen molar-refractivity contribution in [2.75, 3.05) is 5.32 Å². The molecule has 2 aromatic rings. The summed E-state index contributed by atoms with van der Waals surface area (Å²) in [5, 5.41) is 3.02. The Kier molecular flexibility index (Phi) is 2.82. The lowest BCUT2D eigenvalue weighted by Crippen LogP contribution is -2.02. The summed E-state index contributed by atoms with van der Waals surface area (Å²) in [5.41, 5.74) is 0.858. The quantitative estimate of drug-likeness (QED) is 0.825. The number of pyridine rings is 1. The summed E-state index contributed by atoms with van der Waals surface area (Å²) in [4.78, 5) is 11.7. The van der Waals surface area contributed by atoms with Gasteiger partial charge >= 0.3 is 0 Å². The third-order valence-corrected chi connectivity index (χ3v) is 1.82. The second kappa shape index (κ2) is 4.45. The van der Waals surface area contributed by atoms with Gasteiger partial charge in [-0.05, 0) is 18.2 Å². The van der Waals surface area contributed by atoms with Crippen LogP contribution in [0.1, 0.15) is 5.69 Å². The lowest BCUT2D eigenvalue weighted by Gasteiger charge is -2.03. The van der Waals surface area contributed by atoms with Crippen LogP contribution in [-0.4, -0.2) is 15.0 Å². The van der Waals surface area contributed by atoms with E-state index < -0.39 is 0 Å². The predicted molar refractivity (Wildman–Crippen MR) is 53.6 cm³/mol. The normalized spacial score (nSPS) is 9.93. The number of anilines is 1. The molecule has 0 aromatic carbocycles. The molecule has 0 fully saturated rings. The minimum atomic E-state index is -0.345. The van der Waals surface area contributed by atoms with Crippen molar-refractivity contribution < 1.29 is 4.39 Å². The topological polar surface area (TPSA) is 50.7 Å². The molecule has 15 heavy (non-hydrogen) atoms. The fraction of sp³-hybridized carbons (Fsp3) is 0.100. The van der Waals surface area contributed by atoms with Crippen LogP contribution in [0.4, 0.5) is 10.2 Å². The van der Waals surface area contributed by atoms with Crippen molar-refractivity contribution in [2.45, 2.75) is 6.54 Å². The molecule has 2 heterocycles. The fourth-order valence-electron chi connectivity index (χ4n) is 1.08. The number of rotatable bonds is 3. The average molecular weight is 204 g/mol. The largest absolute Gasteiger partial charge is 0.364 e. The average Bonchev–Trinajstić information content (AvgIpc) is 2.30. The number of nitrogens with zero attached hydrogens (tertiary/aromatic N) is 3. The van der Waals surface area contributed by atoms with Gasteiger partial charge in [-0.15, -0.1) is 0 Å². The van der Waals surface area contributed by atoms with Crippen LogP contribution in [-0.2, 0) is 6.54 Å². The zero-order valence-corrected chi connectivity index (χ0v) is 7.89. The maximum absolute atomic E-state index is 12.5. The summed E-state index contributed by atoms with van der Waals surface area (Å²) in [6, 6.07) is 4.74. The molecule has 0 aliphatic rings. The monoisotopic (exact) mass is 204 g/mol. The van der Waals surface area contributed by atoms with E-state index in [4.69, 9.17) is 0 Å². The maximum Gasteiger partial charge on any atom is 0.141 e. The first-order valence-electron chi connectivity index (χ1n) is 4.45. The summed E-state index contributed by atoms with van der Waals surface area (Å²) < 4.78 is 12.5. The molecule has 0 spiro atoms. The number of aromatic nitrogens is 3. The zero-order valence-electron chi connectivity index (χ0n) is 7.89. The molecular weight excluding hydrogens is 195 g/mol. The van der Waals surface area contributed by atoms with Crippen LogP contribution in [0.5, 0.6) is 0 Å². The molecule has 0 saturated heterocycles. The first kappa shape index (κ1) is 9.51. The fourth-order valence-corrected chi connectivity index (χ4v) is 1.08. The van der Waals surface area contributed by atoms with Gasteiger partial charge in [-0.3, -0.25) is 0 Å². The third-order valence-electron chi connectivity index (χ3n) is 1.82. The molecule has 1 N–H and O–H groups in total. The van der Waals surface area contributed by atoms with Crippen LogP contribution >= 0.6 is 0 Å². The molecule has 0 bridgehead atoms. The molecule has 0 radical (unpaired) electrons. The van der Waals surface area contributed by atoms with Crippen molar-refractivity contribution in [3.8, 4) is 0 Å². The van der Waals surface area contributed by atoms with Crippen molar-refractivity contribution in [3.05, 3.63) is 48.4 Å². The van der Waals surface area contributed by atoms with Crippen molar-refractivity contribution >= 4 is 5.82 Å². The summed E-state index contributed by atoms with van der Waals surface area (Å²) in [5.74, 6) is 0.276. The van der Waals surface area contributed by atoms with E-state index in [0.717, 1.165) is 5.69 Å². The minimum Gasteiger partial charge on any atom is -0.364 e. The van der Waals surface area contributed by atoms with E-state index in [2.05, 4.69) is 20.3 Å². The predicted octanol–water partition coefficient (Wildman–Crippen LogP) is 1.62.